The van der Waals surface area contributed by atoms with Gasteiger partial charge in [-0.05, 0) is 18.2 Å². The predicted molar refractivity (Wildman–Crippen MR) is 65.1 cm³/mol. The fourth-order valence-electron chi connectivity index (χ4n) is 1.51. The highest BCUT2D eigenvalue weighted by Gasteiger charge is 2.05. The zero-order valence-electron chi connectivity index (χ0n) is 8.84. The van der Waals surface area contributed by atoms with Gasteiger partial charge in [0.15, 0.2) is 0 Å². The minimum absolute atomic E-state index is 0.0180. The summed E-state index contributed by atoms with van der Waals surface area (Å²) in [5, 5.41) is 1.76. The summed E-state index contributed by atoms with van der Waals surface area (Å²) in [6.07, 6.45) is 1.76. The number of nitrogens with zero attached hydrogens (tertiary/aromatic N) is 1. The Morgan fingerprint density at radius 2 is 2.31 bits per heavy atom. The van der Waals surface area contributed by atoms with Gasteiger partial charge in [-0.2, -0.15) is 0 Å². The Hall–Kier alpha value is -1.75. The number of hydrogen-bond donors (Lipinski definition) is 1. The van der Waals surface area contributed by atoms with Gasteiger partial charge in [0.25, 0.3) is 0 Å². The molecule has 2 rings (SSSR count). The van der Waals surface area contributed by atoms with Crippen LogP contribution in [0.4, 0.5) is 5.69 Å². The van der Waals surface area contributed by atoms with Crippen molar-refractivity contribution in [2.45, 2.75) is 6.54 Å². The molecule has 0 fully saturated rings. The lowest BCUT2D eigenvalue weighted by Crippen LogP contribution is -2.13. The van der Waals surface area contributed by atoms with E-state index in [9.17, 15) is 4.79 Å². The van der Waals surface area contributed by atoms with Crippen LogP contribution < -0.4 is 15.3 Å². The van der Waals surface area contributed by atoms with Crippen LogP contribution in [0.25, 0.3) is 0 Å². The Kier molecular flexibility index (Phi) is 2.96. The summed E-state index contributed by atoms with van der Waals surface area (Å²) in [7, 11) is 1.60. The summed E-state index contributed by atoms with van der Waals surface area (Å²) < 4.78 is 6.85. The third-order valence-corrected chi connectivity index (χ3v) is 2.98. The standard InChI is InChI=1S/C11H12N2O2S/c1-15-10-3-2-9(12)6-8(10)7-13-4-5-16-11(13)14/h2-6H,7,12H2,1H3. The second-order valence-electron chi connectivity index (χ2n) is 3.37. The Bertz CT molecular complexity index is 545. The van der Waals surface area contributed by atoms with Gasteiger partial charge in [0, 0.05) is 22.8 Å². The Labute approximate surface area is 96.9 Å². The third-order valence-electron chi connectivity index (χ3n) is 2.29. The van der Waals surface area contributed by atoms with Crippen LogP contribution in [-0.2, 0) is 6.54 Å². The fourth-order valence-corrected chi connectivity index (χ4v) is 2.10. The molecule has 0 aliphatic carbocycles. The molecule has 4 nitrogen and oxygen atoms in total. The smallest absolute Gasteiger partial charge is 0.307 e. The zero-order chi connectivity index (χ0) is 11.5. The van der Waals surface area contributed by atoms with E-state index in [0.717, 1.165) is 11.3 Å². The minimum atomic E-state index is 0.0180. The average molecular weight is 236 g/mol. The Balaban J connectivity index is 2.37. The predicted octanol–water partition coefficient (Wildman–Crippen LogP) is 1.55. The quantitative estimate of drug-likeness (QED) is 0.822. The molecule has 5 heteroatoms. The number of aromatic nitrogens is 1. The average Bonchev–Trinajstić information content (AvgIpc) is 2.65. The molecule has 2 aromatic rings. The monoisotopic (exact) mass is 236 g/mol. The number of anilines is 1. The molecule has 0 amide bonds. The van der Waals surface area contributed by atoms with Crippen molar-refractivity contribution >= 4 is 17.0 Å². The lowest BCUT2D eigenvalue weighted by molar-refractivity contribution is 0.408. The topological polar surface area (TPSA) is 57.2 Å². The molecule has 1 aromatic heterocycles. The number of thiazole rings is 1. The van der Waals surface area contributed by atoms with Crippen molar-refractivity contribution in [1.29, 1.82) is 0 Å². The van der Waals surface area contributed by atoms with Crippen LogP contribution >= 0.6 is 11.3 Å². The van der Waals surface area contributed by atoms with Gasteiger partial charge >= 0.3 is 4.87 Å². The molecule has 0 atom stereocenters. The van der Waals surface area contributed by atoms with Gasteiger partial charge in [0.2, 0.25) is 0 Å². The van der Waals surface area contributed by atoms with Gasteiger partial charge in [-0.1, -0.05) is 11.3 Å². The number of benzene rings is 1. The first-order valence-electron chi connectivity index (χ1n) is 4.77. The van der Waals surface area contributed by atoms with Crippen LogP contribution in [0.15, 0.2) is 34.6 Å². The highest BCUT2D eigenvalue weighted by molar-refractivity contribution is 7.07. The molecule has 0 radical (unpaired) electrons. The second-order valence-corrected chi connectivity index (χ2v) is 4.23. The summed E-state index contributed by atoms with van der Waals surface area (Å²) >= 11 is 1.18. The summed E-state index contributed by atoms with van der Waals surface area (Å²) in [4.78, 5) is 11.4. The number of methoxy groups -OCH3 is 1. The van der Waals surface area contributed by atoms with Gasteiger partial charge in [0.05, 0.1) is 13.7 Å². The first-order chi connectivity index (χ1) is 7.70. The van der Waals surface area contributed by atoms with Crippen LogP contribution in [0.3, 0.4) is 0 Å². The van der Waals surface area contributed by atoms with E-state index in [1.54, 1.807) is 29.3 Å². The van der Waals surface area contributed by atoms with Crippen molar-refractivity contribution in [3.63, 3.8) is 0 Å². The summed E-state index contributed by atoms with van der Waals surface area (Å²) in [6, 6.07) is 5.41. The molecule has 2 N–H and O–H groups in total. The van der Waals surface area contributed by atoms with Crippen molar-refractivity contribution in [3.05, 3.63) is 45.0 Å². The first kappa shape index (κ1) is 10.8. The molecule has 1 heterocycles. The number of nitrogen functional groups attached to an aromatic ring is 1. The molecule has 0 bridgehead atoms. The van der Waals surface area contributed by atoms with Crippen molar-refractivity contribution in [2.75, 3.05) is 12.8 Å². The van der Waals surface area contributed by atoms with E-state index in [0.29, 0.717) is 12.2 Å². The maximum atomic E-state index is 11.4. The molecular formula is C11H12N2O2S. The molecule has 0 aliphatic rings. The van der Waals surface area contributed by atoms with Crippen LogP contribution in [0.1, 0.15) is 5.56 Å². The molecule has 84 valence electrons. The molecule has 1 aromatic carbocycles. The van der Waals surface area contributed by atoms with Gasteiger partial charge in [0.1, 0.15) is 5.75 Å². The zero-order valence-corrected chi connectivity index (χ0v) is 9.66. The molecule has 0 aliphatic heterocycles. The lowest BCUT2D eigenvalue weighted by atomic mass is 10.2. The van der Waals surface area contributed by atoms with Crippen LogP contribution in [0.5, 0.6) is 5.75 Å². The van der Waals surface area contributed by atoms with Gasteiger partial charge in [-0.3, -0.25) is 4.79 Å². The SMILES string of the molecule is COc1ccc(N)cc1Cn1ccsc1=O. The van der Waals surface area contributed by atoms with Crippen molar-refractivity contribution < 1.29 is 4.74 Å². The molecule has 0 unspecified atom stereocenters. The summed E-state index contributed by atoms with van der Waals surface area (Å²) in [5.41, 5.74) is 7.28. The highest BCUT2D eigenvalue weighted by Crippen LogP contribution is 2.21. The number of nitrogens with two attached hydrogens (primary N) is 1. The van der Waals surface area contributed by atoms with E-state index in [2.05, 4.69) is 0 Å². The van der Waals surface area contributed by atoms with Gasteiger partial charge in [-0.25, -0.2) is 0 Å². The van der Waals surface area contributed by atoms with E-state index in [1.807, 2.05) is 12.1 Å². The van der Waals surface area contributed by atoms with E-state index in [-0.39, 0.29) is 4.87 Å². The van der Waals surface area contributed by atoms with E-state index in [4.69, 9.17) is 10.5 Å². The summed E-state index contributed by atoms with van der Waals surface area (Å²) in [5.74, 6) is 0.743. The number of rotatable bonds is 3. The normalized spacial score (nSPS) is 10.3. The van der Waals surface area contributed by atoms with Crippen molar-refractivity contribution in [3.8, 4) is 5.75 Å². The van der Waals surface area contributed by atoms with Gasteiger partial charge in [-0.15, -0.1) is 0 Å². The Morgan fingerprint density at radius 3 is 2.94 bits per heavy atom. The molecule has 0 saturated carbocycles. The van der Waals surface area contributed by atoms with Crippen LogP contribution in [0.2, 0.25) is 0 Å². The molecule has 0 spiro atoms. The maximum absolute atomic E-state index is 11.4. The largest absolute Gasteiger partial charge is 0.496 e. The minimum Gasteiger partial charge on any atom is -0.496 e. The third kappa shape index (κ3) is 2.09. The molecule has 16 heavy (non-hydrogen) atoms. The van der Waals surface area contributed by atoms with Crippen LogP contribution in [0, 0.1) is 0 Å². The maximum Gasteiger partial charge on any atom is 0.307 e. The second kappa shape index (κ2) is 4.40. The van der Waals surface area contributed by atoms with Gasteiger partial charge < -0.3 is 15.0 Å². The highest BCUT2D eigenvalue weighted by atomic mass is 32.1. The summed E-state index contributed by atoms with van der Waals surface area (Å²) in [6.45, 7) is 0.483. The Morgan fingerprint density at radius 1 is 1.50 bits per heavy atom. The van der Waals surface area contributed by atoms with Crippen molar-refractivity contribution in [2.24, 2.45) is 0 Å². The van der Waals surface area contributed by atoms with Crippen molar-refractivity contribution in [1.82, 2.24) is 4.57 Å². The number of hydrogen-bond acceptors (Lipinski definition) is 4. The fraction of sp³-hybridized carbons (Fsp3) is 0.182. The number of ether oxygens (including phenoxy) is 1. The lowest BCUT2D eigenvalue weighted by Gasteiger charge is -2.09. The molecular weight excluding hydrogens is 224 g/mol. The van der Waals surface area contributed by atoms with E-state index in [1.165, 1.54) is 11.3 Å². The van der Waals surface area contributed by atoms with E-state index < -0.39 is 0 Å². The molecule has 0 saturated heterocycles. The van der Waals surface area contributed by atoms with Crippen LogP contribution in [-0.4, -0.2) is 11.7 Å². The van der Waals surface area contributed by atoms with E-state index >= 15 is 0 Å². The first-order valence-corrected chi connectivity index (χ1v) is 5.65.